The van der Waals surface area contributed by atoms with E-state index in [-0.39, 0.29) is 0 Å². The third kappa shape index (κ3) is 3.60. The molecule has 2 rings (SSSR count). The molecule has 4 heteroatoms. The molecule has 0 radical (unpaired) electrons. The molecule has 20 heavy (non-hydrogen) atoms. The van der Waals surface area contributed by atoms with Crippen LogP contribution in [-0.2, 0) is 6.42 Å². The number of aromatic nitrogens is 3. The molecule has 1 saturated carbocycles. The topological polar surface area (TPSA) is 42.7 Å². The maximum absolute atomic E-state index is 4.49. The fraction of sp³-hybridized carbons (Fsp3) is 0.875. The molecule has 0 bridgehead atoms. The van der Waals surface area contributed by atoms with Crippen molar-refractivity contribution in [2.75, 3.05) is 6.54 Å². The Morgan fingerprint density at radius 3 is 2.80 bits per heavy atom. The van der Waals surface area contributed by atoms with Crippen molar-refractivity contribution in [3.63, 3.8) is 0 Å². The van der Waals surface area contributed by atoms with Crippen molar-refractivity contribution in [3.05, 3.63) is 12.2 Å². The lowest BCUT2D eigenvalue weighted by molar-refractivity contribution is 0.288. The molecule has 1 heterocycles. The lowest BCUT2D eigenvalue weighted by Crippen LogP contribution is -2.40. The zero-order valence-electron chi connectivity index (χ0n) is 13.5. The number of nitrogens with one attached hydrogen (secondary N) is 1. The van der Waals surface area contributed by atoms with Gasteiger partial charge in [0.25, 0.3) is 0 Å². The third-order valence-electron chi connectivity index (χ3n) is 4.64. The van der Waals surface area contributed by atoms with Gasteiger partial charge in [-0.1, -0.05) is 26.7 Å². The predicted octanol–water partition coefficient (Wildman–Crippen LogP) is 3.21. The van der Waals surface area contributed by atoms with Gasteiger partial charge < -0.3 is 5.32 Å². The number of rotatable bonds is 7. The van der Waals surface area contributed by atoms with E-state index in [1.165, 1.54) is 25.7 Å². The quantitative estimate of drug-likeness (QED) is 0.833. The SMILES string of the molecule is CCCNC(Cc1ncnn1C(C)C)C1CCCC1C. The van der Waals surface area contributed by atoms with E-state index in [0.29, 0.717) is 12.1 Å². The van der Waals surface area contributed by atoms with Gasteiger partial charge in [0.2, 0.25) is 0 Å². The van der Waals surface area contributed by atoms with Crippen LogP contribution < -0.4 is 5.32 Å². The van der Waals surface area contributed by atoms with Crippen LogP contribution in [0.15, 0.2) is 6.33 Å². The number of nitrogens with zero attached hydrogens (tertiary/aromatic N) is 3. The number of hydrogen-bond donors (Lipinski definition) is 1. The Morgan fingerprint density at radius 2 is 2.20 bits per heavy atom. The van der Waals surface area contributed by atoms with Gasteiger partial charge in [0.1, 0.15) is 12.2 Å². The Morgan fingerprint density at radius 1 is 1.40 bits per heavy atom. The van der Waals surface area contributed by atoms with Crippen LogP contribution in [0.2, 0.25) is 0 Å². The van der Waals surface area contributed by atoms with E-state index in [1.54, 1.807) is 6.33 Å². The summed E-state index contributed by atoms with van der Waals surface area (Å²) in [5, 5.41) is 8.14. The van der Waals surface area contributed by atoms with Gasteiger partial charge in [-0.25, -0.2) is 9.67 Å². The minimum absolute atomic E-state index is 0.389. The smallest absolute Gasteiger partial charge is 0.138 e. The second-order valence-corrected chi connectivity index (χ2v) is 6.55. The Labute approximate surface area is 123 Å². The van der Waals surface area contributed by atoms with Gasteiger partial charge in [-0.2, -0.15) is 5.10 Å². The molecule has 0 aliphatic heterocycles. The summed E-state index contributed by atoms with van der Waals surface area (Å²) in [7, 11) is 0. The molecule has 4 nitrogen and oxygen atoms in total. The van der Waals surface area contributed by atoms with E-state index in [2.05, 4.69) is 47.8 Å². The molecule has 0 spiro atoms. The molecule has 0 aromatic carbocycles. The first-order valence-corrected chi connectivity index (χ1v) is 8.25. The van der Waals surface area contributed by atoms with Gasteiger partial charge in [-0.05, 0) is 45.1 Å². The Bertz CT molecular complexity index is 399. The number of hydrogen-bond acceptors (Lipinski definition) is 3. The van der Waals surface area contributed by atoms with E-state index >= 15 is 0 Å². The van der Waals surface area contributed by atoms with Gasteiger partial charge in [-0.3, -0.25) is 0 Å². The molecule has 1 aromatic rings. The zero-order chi connectivity index (χ0) is 14.5. The molecule has 0 amide bonds. The highest BCUT2D eigenvalue weighted by molar-refractivity contribution is 4.95. The molecule has 1 aliphatic rings. The molecular formula is C16H30N4. The van der Waals surface area contributed by atoms with Crippen LogP contribution in [0, 0.1) is 11.8 Å². The maximum Gasteiger partial charge on any atom is 0.138 e. The van der Waals surface area contributed by atoms with E-state index in [1.807, 2.05) is 0 Å². The molecule has 3 atom stereocenters. The second kappa shape index (κ2) is 7.21. The largest absolute Gasteiger partial charge is 0.313 e. The normalized spacial score (nSPS) is 24.4. The maximum atomic E-state index is 4.49. The summed E-state index contributed by atoms with van der Waals surface area (Å²) in [6.45, 7) is 10.1. The van der Waals surface area contributed by atoms with E-state index < -0.39 is 0 Å². The minimum Gasteiger partial charge on any atom is -0.313 e. The summed E-state index contributed by atoms with van der Waals surface area (Å²) in [6, 6.07) is 0.939. The summed E-state index contributed by atoms with van der Waals surface area (Å²) < 4.78 is 2.07. The predicted molar refractivity (Wildman–Crippen MR) is 82.7 cm³/mol. The highest BCUT2D eigenvalue weighted by Crippen LogP contribution is 2.34. The molecule has 1 aliphatic carbocycles. The summed E-state index contributed by atoms with van der Waals surface area (Å²) >= 11 is 0. The fourth-order valence-electron chi connectivity index (χ4n) is 3.52. The van der Waals surface area contributed by atoms with E-state index in [0.717, 1.165) is 30.6 Å². The molecular weight excluding hydrogens is 248 g/mol. The first-order valence-electron chi connectivity index (χ1n) is 8.25. The van der Waals surface area contributed by atoms with Crippen molar-refractivity contribution in [1.29, 1.82) is 0 Å². The van der Waals surface area contributed by atoms with Crippen molar-refractivity contribution >= 4 is 0 Å². The van der Waals surface area contributed by atoms with E-state index in [4.69, 9.17) is 0 Å². The summed E-state index contributed by atoms with van der Waals surface area (Å²) in [5.74, 6) is 2.76. The lowest BCUT2D eigenvalue weighted by atomic mass is 9.88. The standard InChI is InChI=1S/C16H30N4/c1-5-9-17-15(14-8-6-7-13(14)4)10-16-18-11-19-20(16)12(2)3/h11-15,17H,5-10H2,1-4H3. The Hall–Kier alpha value is -0.900. The second-order valence-electron chi connectivity index (χ2n) is 6.55. The van der Waals surface area contributed by atoms with Crippen molar-refractivity contribution < 1.29 is 0 Å². The summed E-state index contributed by atoms with van der Waals surface area (Å²) in [4.78, 5) is 4.49. The Kier molecular flexibility index (Phi) is 5.58. The first-order chi connectivity index (χ1) is 9.63. The highest BCUT2D eigenvalue weighted by atomic mass is 15.3. The Balaban J connectivity index is 2.08. The van der Waals surface area contributed by atoms with Crippen molar-refractivity contribution in [3.8, 4) is 0 Å². The van der Waals surface area contributed by atoms with E-state index in [9.17, 15) is 0 Å². The molecule has 1 N–H and O–H groups in total. The molecule has 114 valence electrons. The van der Waals surface area contributed by atoms with Crippen molar-refractivity contribution in [2.45, 2.75) is 71.9 Å². The van der Waals surface area contributed by atoms with Crippen LogP contribution in [0.1, 0.15) is 65.2 Å². The van der Waals surface area contributed by atoms with Gasteiger partial charge in [0, 0.05) is 18.5 Å². The van der Waals surface area contributed by atoms with Gasteiger partial charge >= 0.3 is 0 Å². The molecule has 1 fully saturated rings. The lowest BCUT2D eigenvalue weighted by Gasteiger charge is -2.28. The molecule has 0 saturated heterocycles. The van der Waals surface area contributed by atoms with Gasteiger partial charge in [0.05, 0.1) is 0 Å². The van der Waals surface area contributed by atoms with Gasteiger partial charge in [0.15, 0.2) is 0 Å². The van der Waals surface area contributed by atoms with Crippen molar-refractivity contribution in [2.24, 2.45) is 11.8 Å². The zero-order valence-corrected chi connectivity index (χ0v) is 13.5. The van der Waals surface area contributed by atoms with Crippen LogP contribution in [-0.4, -0.2) is 27.4 Å². The van der Waals surface area contributed by atoms with Crippen LogP contribution in [0.5, 0.6) is 0 Å². The van der Waals surface area contributed by atoms with Crippen LogP contribution >= 0.6 is 0 Å². The molecule has 3 unspecified atom stereocenters. The minimum atomic E-state index is 0.389. The van der Waals surface area contributed by atoms with Crippen LogP contribution in [0.3, 0.4) is 0 Å². The van der Waals surface area contributed by atoms with Crippen LogP contribution in [0.4, 0.5) is 0 Å². The average molecular weight is 278 g/mol. The monoisotopic (exact) mass is 278 g/mol. The molecule has 1 aromatic heterocycles. The fourth-order valence-corrected chi connectivity index (χ4v) is 3.52. The summed E-state index contributed by atoms with van der Waals surface area (Å²) in [5.41, 5.74) is 0. The first kappa shape index (κ1) is 15.5. The highest BCUT2D eigenvalue weighted by Gasteiger charge is 2.31. The summed E-state index contributed by atoms with van der Waals surface area (Å²) in [6.07, 6.45) is 8.02. The van der Waals surface area contributed by atoms with Crippen LogP contribution in [0.25, 0.3) is 0 Å². The average Bonchev–Trinajstić information content (AvgIpc) is 3.03. The van der Waals surface area contributed by atoms with Gasteiger partial charge in [-0.15, -0.1) is 0 Å². The third-order valence-corrected chi connectivity index (χ3v) is 4.64. The van der Waals surface area contributed by atoms with Crippen molar-refractivity contribution in [1.82, 2.24) is 20.1 Å².